The summed E-state index contributed by atoms with van der Waals surface area (Å²) in [5.74, 6) is -0.778. The van der Waals surface area contributed by atoms with E-state index >= 15 is 0 Å². The van der Waals surface area contributed by atoms with Crippen molar-refractivity contribution in [2.75, 3.05) is 55.4 Å². The number of hydrogen-bond acceptors (Lipinski definition) is 9. The molecule has 0 unspecified atom stereocenters. The van der Waals surface area contributed by atoms with Gasteiger partial charge in [0.25, 0.3) is 5.91 Å². The van der Waals surface area contributed by atoms with Gasteiger partial charge in [-0.15, -0.1) is 12.4 Å². The van der Waals surface area contributed by atoms with Crippen LogP contribution in [0.2, 0.25) is 0 Å². The van der Waals surface area contributed by atoms with Crippen molar-refractivity contribution in [3.63, 3.8) is 0 Å². The van der Waals surface area contributed by atoms with Gasteiger partial charge >= 0.3 is 0 Å². The van der Waals surface area contributed by atoms with Crippen LogP contribution < -0.4 is 9.80 Å². The summed E-state index contributed by atoms with van der Waals surface area (Å²) in [7, 11) is -3.38. The molecule has 0 bridgehead atoms. The molecular formula is C25H27ClN4O6S2. The highest BCUT2D eigenvalue weighted by Gasteiger charge is 2.30. The second-order valence-corrected chi connectivity index (χ2v) is 12.0. The van der Waals surface area contributed by atoms with Gasteiger partial charge in [0.05, 0.1) is 34.0 Å². The molecule has 3 aromatic rings. The average Bonchev–Trinajstić information content (AvgIpc) is 3.46. The van der Waals surface area contributed by atoms with Crippen LogP contribution in [-0.4, -0.2) is 81.7 Å². The molecule has 10 nitrogen and oxygen atoms in total. The molecule has 13 heteroatoms. The summed E-state index contributed by atoms with van der Waals surface area (Å²) in [6.45, 7) is 3.81. The fraction of sp³-hybridized carbons (Fsp3) is 0.360. The highest BCUT2D eigenvalue weighted by molar-refractivity contribution is 7.90. The van der Waals surface area contributed by atoms with Gasteiger partial charge in [-0.2, -0.15) is 0 Å². The highest BCUT2D eigenvalue weighted by atomic mass is 35.5. The standard InChI is InChI=1S/C25H26N4O6S2.ClH/c1-37(33,34)19-6-7-20-21(16-19)36-25(26-20)28(11-10-27-12-14-35-15-13-27)24(32)17-2-4-18(5-3-17)29-22(30)8-9-23(29)31;/h2-7,16H,8-15H2,1H3;1H. The van der Waals surface area contributed by atoms with Crippen molar-refractivity contribution in [3.8, 4) is 0 Å². The van der Waals surface area contributed by atoms with Gasteiger partial charge in [-0.3, -0.25) is 29.1 Å². The lowest BCUT2D eigenvalue weighted by molar-refractivity contribution is -0.121. The number of carbonyl (C=O) groups excluding carboxylic acids is 3. The van der Waals surface area contributed by atoms with Crippen molar-refractivity contribution >= 4 is 72.3 Å². The Morgan fingerprint density at radius 1 is 1.05 bits per heavy atom. The number of carbonyl (C=O) groups is 3. The van der Waals surface area contributed by atoms with Crippen molar-refractivity contribution in [2.24, 2.45) is 0 Å². The van der Waals surface area contributed by atoms with E-state index in [0.717, 1.165) is 24.2 Å². The Morgan fingerprint density at radius 2 is 1.71 bits per heavy atom. The van der Waals surface area contributed by atoms with Gasteiger partial charge in [0.1, 0.15) is 0 Å². The van der Waals surface area contributed by atoms with E-state index in [1.807, 2.05) is 0 Å². The van der Waals surface area contributed by atoms with Crippen LogP contribution >= 0.6 is 23.7 Å². The van der Waals surface area contributed by atoms with Crippen LogP contribution in [0.25, 0.3) is 10.2 Å². The van der Waals surface area contributed by atoms with Gasteiger partial charge in [-0.05, 0) is 42.5 Å². The molecule has 1 aromatic heterocycles. The summed E-state index contributed by atoms with van der Waals surface area (Å²) < 4.78 is 30.1. The van der Waals surface area contributed by atoms with E-state index in [4.69, 9.17) is 4.74 Å². The van der Waals surface area contributed by atoms with E-state index in [9.17, 15) is 22.8 Å². The molecule has 2 saturated heterocycles. The maximum atomic E-state index is 13.7. The predicted molar refractivity (Wildman–Crippen MR) is 147 cm³/mol. The average molecular weight is 579 g/mol. The van der Waals surface area contributed by atoms with Crippen LogP contribution in [0, 0.1) is 0 Å². The molecule has 2 aliphatic rings. The number of ether oxygens (including phenoxy) is 1. The molecule has 0 N–H and O–H groups in total. The van der Waals surface area contributed by atoms with Crippen LogP contribution in [0.15, 0.2) is 47.4 Å². The highest BCUT2D eigenvalue weighted by Crippen LogP contribution is 2.32. The fourth-order valence-electron chi connectivity index (χ4n) is 4.36. The number of hydrogen-bond donors (Lipinski definition) is 0. The molecule has 0 saturated carbocycles. The summed E-state index contributed by atoms with van der Waals surface area (Å²) in [4.78, 5) is 47.6. The Bertz CT molecular complexity index is 1450. The Hall–Kier alpha value is -2.90. The number of rotatable bonds is 7. The van der Waals surface area contributed by atoms with Crippen LogP contribution in [0.1, 0.15) is 23.2 Å². The van der Waals surface area contributed by atoms with E-state index in [-0.39, 0.29) is 47.9 Å². The van der Waals surface area contributed by atoms with Crippen molar-refractivity contribution in [1.29, 1.82) is 0 Å². The second kappa shape index (κ2) is 11.5. The lowest BCUT2D eigenvalue weighted by Gasteiger charge is -2.29. The summed E-state index contributed by atoms with van der Waals surface area (Å²) in [5.41, 5.74) is 1.44. The summed E-state index contributed by atoms with van der Waals surface area (Å²) in [5, 5.41) is 0.466. The second-order valence-electron chi connectivity index (χ2n) is 8.98. The number of imide groups is 1. The Morgan fingerprint density at radius 3 is 2.34 bits per heavy atom. The maximum absolute atomic E-state index is 13.7. The Labute approximate surface area is 230 Å². The first kappa shape index (κ1) is 28.1. The molecule has 0 aliphatic carbocycles. The van der Waals surface area contributed by atoms with Crippen molar-refractivity contribution in [1.82, 2.24) is 9.88 Å². The molecule has 0 atom stereocenters. The molecule has 202 valence electrons. The first-order valence-corrected chi connectivity index (χ1v) is 14.6. The van der Waals surface area contributed by atoms with E-state index in [2.05, 4.69) is 9.88 Å². The number of benzene rings is 2. The number of nitrogens with zero attached hydrogens (tertiary/aromatic N) is 4. The van der Waals surface area contributed by atoms with E-state index in [1.165, 1.54) is 17.4 Å². The number of anilines is 2. The lowest BCUT2D eigenvalue weighted by atomic mass is 10.1. The number of thiazole rings is 1. The summed E-state index contributed by atoms with van der Waals surface area (Å²) >= 11 is 1.26. The van der Waals surface area contributed by atoms with Crippen LogP contribution in [0.3, 0.4) is 0 Å². The molecule has 3 heterocycles. The Kier molecular flexibility index (Phi) is 8.48. The third-order valence-corrected chi connectivity index (χ3v) is 8.57. The van der Waals surface area contributed by atoms with Crippen LogP contribution in [0.4, 0.5) is 10.8 Å². The monoisotopic (exact) mass is 578 g/mol. The largest absolute Gasteiger partial charge is 0.379 e. The first-order chi connectivity index (χ1) is 17.7. The van der Waals surface area contributed by atoms with Crippen molar-refractivity contribution in [3.05, 3.63) is 48.0 Å². The molecule has 0 radical (unpaired) electrons. The molecule has 0 spiro atoms. The third kappa shape index (κ3) is 5.89. The Balaban J connectivity index is 0.00000336. The zero-order valence-corrected chi connectivity index (χ0v) is 23.1. The molecule has 5 rings (SSSR count). The number of sulfone groups is 1. The normalized spacial score (nSPS) is 16.6. The van der Waals surface area contributed by atoms with Gasteiger partial charge in [0, 0.05) is 50.8 Å². The van der Waals surface area contributed by atoms with Gasteiger partial charge in [0.2, 0.25) is 11.8 Å². The van der Waals surface area contributed by atoms with Crippen LogP contribution in [-0.2, 0) is 24.2 Å². The van der Waals surface area contributed by atoms with Gasteiger partial charge in [0.15, 0.2) is 15.0 Å². The smallest absolute Gasteiger partial charge is 0.260 e. The summed E-state index contributed by atoms with van der Waals surface area (Å²) in [6, 6.07) is 11.2. The minimum Gasteiger partial charge on any atom is -0.379 e. The van der Waals surface area contributed by atoms with Gasteiger partial charge < -0.3 is 4.74 Å². The molecule has 3 amide bonds. The topological polar surface area (TPSA) is 117 Å². The number of aromatic nitrogens is 1. The van der Waals surface area contributed by atoms with Crippen molar-refractivity contribution < 1.29 is 27.5 Å². The SMILES string of the molecule is CS(=O)(=O)c1ccc2nc(N(CCN3CCOCC3)C(=O)c3ccc(N4C(=O)CCC4=O)cc3)sc2c1.Cl. The minimum absolute atomic E-state index is 0. The van der Waals surface area contributed by atoms with E-state index in [1.54, 1.807) is 41.3 Å². The third-order valence-electron chi connectivity index (χ3n) is 6.42. The van der Waals surface area contributed by atoms with Gasteiger partial charge in [-0.1, -0.05) is 11.3 Å². The van der Waals surface area contributed by atoms with E-state index in [0.29, 0.717) is 52.9 Å². The number of fused-ring (bicyclic) bond motifs is 1. The minimum atomic E-state index is -3.38. The maximum Gasteiger partial charge on any atom is 0.260 e. The molecule has 38 heavy (non-hydrogen) atoms. The zero-order chi connectivity index (χ0) is 26.2. The summed E-state index contributed by atoms with van der Waals surface area (Å²) in [6.07, 6.45) is 1.53. The van der Waals surface area contributed by atoms with Gasteiger partial charge in [-0.25, -0.2) is 13.4 Å². The van der Waals surface area contributed by atoms with Crippen molar-refractivity contribution in [2.45, 2.75) is 17.7 Å². The molecule has 2 aliphatic heterocycles. The zero-order valence-electron chi connectivity index (χ0n) is 20.7. The number of amides is 3. The quantitative estimate of drug-likeness (QED) is 0.393. The molecule has 2 fully saturated rings. The van der Waals surface area contributed by atoms with Crippen LogP contribution in [0.5, 0.6) is 0 Å². The number of halogens is 1. The van der Waals surface area contributed by atoms with E-state index < -0.39 is 9.84 Å². The molecule has 2 aromatic carbocycles. The number of morpholine rings is 1. The lowest BCUT2D eigenvalue weighted by Crippen LogP contribution is -2.43. The molecular weight excluding hydrogens is 552 g/mol. The fourth-order valence-corrected chi connectivity index (χ4v) is 6.11. The first-order valence-electron chi connectivity index (χ1n) is 11.9. The predicted octanol–water partition coefficient (Wildman–Crippen LogP) is 2.75.